The van der Waals surface area contributed by atoms with E-state index in [-0.39, 0.29) is 11.9 Å². The first-order chi connectivity index (χ1) is 12.7. The van der Waals surface area contributed by atoms with E-state index in [1.54, 1.807) is 12.1 Å². The van der Waals surface area contributed by atoms with Crippen LogP contribution in [0.1, 0.15) is 28.4 Å². The van der Waals surface area contributed by atoms with Gasteiger partial charge in [0.25, 0.3) is 0 Å². The monoisotopic (exact) mass is 347 g/mol. The number of nitriles is 1. The van der Waals surface area contributed by atoms with Gasteiger partial charge in [0.2, 0.25) is 5.91 Å². The summed E-state index contributed by atoms with van der Waals surface area (Å²) in [5.41, 5.74) is 3.82. The maximum absolute atomic E-state index is 12.6. The first-order valence-electron chi connectivity index (χ1n) is 8.92. The number of carbonyl (C=O) groups excluding carboxylic acids is 1. The van der Waals surface area contributed by atoms with Gasteiger partial charge >= 0.3 is 0 Å². The molecule has 0 saturated carbocycles. The van der Waals surface area contributed by atoms with Crippen LogP contribution in [0.3, 0.4) is 0 Å². The normalized spacial score (nSPS) is 22.9. The van der Waals surface area contributed by atoms with Gasteiger partial charge < -0.3 is 10.0 Å². The molecule has 5 heteroatoms. The molecule has 5 nitrogen and oxygen atoms in total. The molecule has 1 saturated heterocycles. The van der Waals surface area contributed by atoms with Crippen molar-refractivity contribution in [2.75, 3.05) is 19.6 Å². The number of rotatable bonds is 3. The van der Waals surface area contributed by atoms with Crippen molar-refractivity contribution in [2.45, 2.75) is 25.1 Å². The van der Waals surface area contributed by atoms with E-state index in [9.17, 15) is 9.90 Å². The molecule has 1 aliphatic carbocycles. The second kappa shape index (κ2) is 6.91. The summed E-state index contributed by atoms with van der Waals surface area (Å²) in [6.07, 6.45) is 0.268. The van der Waals surface area contributed by atoms with Gasteiger partial charge in [-0.2, -0.15) is 5.26 Å². The van der Waals surface area contributed by atoms with Crippen LogP contribution in [-0.4, -0.2) is 46.5 Å². The number of aliphatic hydroxyl groups excluding tert-OH is 1. The SMILES string of the molecule is N#Cc1ccc(CN2CCN(C3Cc4ccccc4C3O)CC2=O)cc1. The Kier molecular flexibility index (Phi) is 4.46. The summed E-state index contributed by atoms with van der Waals surface area (Å²) in [5, 5.41) is 19.5. The predicted octanol–water partition coefficient (Wildman–Crippen LogP) is 1.86. The molecule has 0 spiro atoms. The molecule has 0 radical (unpaired) electrons. The molecule has 2 aliphatic rings. The third kappa shape index (κ3) is 3.10. The lowest BCUT2D eigenvalue weighted by Crippen LogP contribution is -2.54. The molecule has 2 atom stereocenters. The molecule has 2 aromatic carbocycles. The van der Waals surface area contributed by atoms with Crippen LogP contribution in [0.5, 0.6) is 0 Å². The first kappa shape index (κ1) is 16.8. The minimum atomic E-state index is -0.524. The quantitative estimate of drug-likeness (QED) is 0.920. The molecule has 1 N–H and O–H groups in total. The molecule has 1 heterocycles. The topological polar surface area (TPSA) is 67.6 Å². The molecule has 2 aromatic rings. The number of piperazine rings is 1. The maximum Gasteiger partial charge on any atom is 0.237 e. The van der Waals surface area contributed by atoms with E-state index in [1.165, 1.54) is 5.56 Å². The Labute approximate surface area is 153 Å². The van der Waals surface area contributed by atoms with Crippen molar-refractivity contribution in [2.24, 2.45) is 0 Å². The molecule has 1 amide bonds. The Morgan fingerprint density at radius 1 is 1.12 bits per heavy atom. The zero-order valence-corrected chi connectivity index (χ0v) is 14.5. The molecule has 1 fully saturated rings. The molecule has 26 heavy (non-hydrogen) atoms. The van der Waals surface area contributed by atoms with Crippen LogP contribution < -0.4 is 0 Å². The van der Waals surface area contributed by atoms with Crippen molar-refractivity contribution >= 4 is 5.91 Å². The van der Waals surface area contributed by atoms with Gasteiger partial charge in [-0.05, 0) is 35.2 Å². The Morgan fingerprint density at radius 3 is 2.58 bits per heavy atom. The second-order valence-electron chi connectivity index (χ2n) is 7.01. The van der Waals surface area contributed by atoms with E-state index in [2.05, 4.69) is 17.0 Å². The summed E-state index contributed by atoms with van der Waals surface area (Å²) in [5.74, 6) is 0.0868. The standard InChI is InChI=1S/C21H21N3O2/c22-12-15-5-7-16(8-6-15)13-24-10-9-23(14-20(24)25)19-11-17-3-1-2-4-18(17)21(19)26/h1-8,19,21,26H,9-11,13-14H2. The smallest absolute Gasteiger partial charge is 0.237 e. The molecule has 1 aliphatic heterocycles. The highest BCUT2D eigenvalue weighted by atomic mass is 16.3. The number of hydrogen-bond donors (Lipinski definition) is 1. The largest absolute Gasteiger partial charge is 0.387 e. The fraction of sp³-hybridized carbons (Fsp3) is 0.333. The Morgan fingerprint density at radius 2 is 1.88 bits per heavy atom. The second-order valence-corrected chi connectivity index (χ2v) is 7.01. The molecule has 0 aromatic heterocycles. The lowest BCUT2D eigenvalue weighted by atomic mass is 10.1. The molecule has 2 unspecified atom stereocenters. The Hall–Kier alpha value is -2.68. The summed E-state index contributed by atoms with van der Waals surface area (Å²) >= 11 is 0. The highest BCUT2D eigenvalue weighted by molar-refractivity contribution is 5.79. The third-order valence-electron chi connectivity index (χ3n) is 5.44. The zero-order valence-electron chi connectivity index (χ0n) is 14.5. The average molecular weight is 347 g/mol. The fourth-order valence-corrected chi connectivity index (χ4v) is 3.96. The first-order valence-corrected chi connectivity index (χ1v) is 8.92. The summed E-state index contributed by atoms with van der Waals surface area (Å²) < 4.78 is 0. The summed E-state index contributed by atoms with van der Waals surface area (Å²) in [7, 11) is 0. The van der Waals surface area contributed by atoms with Crippen molar-refractivity contribution in [1.82, 2.24) is 9.80 Å². The van der Waals surface area contributed by atoms with E-state index in [4.69, 9.17) is 5.26 Å². The molecule has 4 rings (SSSR count). The van der Waals surface area contributed by atoms with Gasteiger partial charge in [-0.1, -0.05) is 36.4 Å². The van der Waals surface area contributed by atoms with Crippen LogP contribution in [0.25, 0.3) is 0 Å². The van der Waals surface area contributed by atoms with Gasteiger partial charge in [0.05, 0.1) is 24.3 Å². The number of benzene rings is 2. The van der Waals surface area contributed by atoms with E-state index in [0.29, 0.717) is 25.2 Å². The third-order valence-corrected chi connectivity index (χ3v) is 5.44. The Bertz CT molecular complexity index is 856. The summed E-state index contributed by atoms with van der Waals surface area (Å²) in [6.45, 7) is 2.31. The van der Waals surface area contributed by atoms with Crippen LogP contribution in [0.4, 0.5) is 0 Å². The van der Waals surface area contributed by atoms with E-state index in [1.807, 2.05) is 35.2 Å². The zero-order chi connectivity index (χ0) is 18.1. The van der Waals surface area contributed by atoms with Crippen molar-refractivity contribution < 1.29 is 9.90 Å². The van der Waals surface area contributed by atoms with E-state index < -0.39 is 6.10 Å². The Balaban J connectivity index is 1.39. The number of aliphatic hydroxyl groups is 1. The van der Waals surface area contributed by atoms with Gasteiger partial charge in [0.1, 0.15) is 0 Å². The molecule has 0 bridgehead atoms. The number of amides is 1. The lowest BCUT2D eigenvalue weighted by molar-refractivity contribution is -0.138. The average Bonchev–Trinajstić information content (AvgIpc) is 3.01. The molecular weight excluding hydrogens is 326 g/mol. The minimum absolute atomic E-state index is 0.0200. The minimum Gasteiger partial charge on any atom is -0.387 e. The number of fused-ring (bicyclic) bond motifs is 1. The lowest BCUT2D eigenvalue weighted by Gasteiger charge is -2.38. The van der Waals surface area contributed by atoms with Crippen LogP contribution in [0.15, 0.2) is 48.5 Å². The fourth-order valence-electron chi connectivity index (χ4n) is 3.96. The van der Waals surface area contributed by atoms with Crippen molar-refractivity contribution in [3.05, 3.63) is 70.8 Å². The van der Waals surface area contributed by atoms with E-state index >= 15 is 0 Å². The van der Waals surface area contributed by atoms with Crippen LogP contribution >= 0.6 is 0 Å². The highest BCUT2D eigenvalue weighted by Gasteiger charge is 2.38. The maximum atomic E-state index is 12.6. The van der Waals surface area contributed by atoms with Gasteiger partial charge in [-0.25, -0.2) is 0 Å². The summed E-state index contributed by atoms with van der Waals surface area (Å²) in [4.78, 5) is 16.6. The van der Waals surface area contributed by atoms with Gasteiger partial charge in [-0.3, -0.25) is 9.69 Å². The van der Waals surface area contributed by atoms with Gasteiger partial charge in [0, 0.05) is 25.7 Å². The summed E-state index contributed by atoms with van der Waals surface area (Å²) in [6, 6.07) is 17.4. The van der Waals surface area contributed by atoms with Crippen LogP contribution in [-0.2, 0) is 17.8 Å². The highest BCUT2D eigenvalue weighted by Crippen LogP contribution is 2.34. The van der Waals surface area contributed by atoms with Crippen molar-refractivity contribution in [3.8, 4) is 6.07 Å². The molecular formula is C21H21N3O2. The van der Waals surface area contributed by atoms with Crippen LogP contribution in [0.2, 0.25) is 0 Å². The van der Waals surface area contributed by atoms with E-state index in [0.717, 1.165) is 24.1 Å². The van der Waals surface area contributed by atoms with Crippen molar-refractivity contribution in [3.63, 3.8) is 0 Å². The van der Waals surface area contributed by atoms with Gasteiger partial charge in [-0.15, -0.1) is 0 Å². The predicted molar refractivity (Wildman–Crippen MR) is 97.0 cm³/mol. The number of hydrogen-bond acceptors (Lipinski definition) is 4. The molecule has 132 valence electrons. The van der Waals surface area contributed by atoms with Crippen molar-refractivity contribution in [1.29, 1.82) is 5.26 Å². The van der Waals surface area contributed by atoms with Gasteiger partial charge in [0.15, 0.2) is 0 Å². The number of carbonyl (C=O) groups is 1. The van der Waals surface area contributed by atoms with Crippen LogP contribution in [0, 0.1) is 11.3 Å². The number of nitrogens with zero attached hydrogens (tertiary/aromatic N) is 3.